The van der Waals surface area contributed by atoms with Gasteiger partial charge in [-0.05, 0) is 50.1 Å². The van der Waals surface area contributed by atoms with Crippen molar-refractivity contribution in [1.29, 1.82) is 0 Å². The second kappa shape index (κ2) is 8.93. The fraction of sp³-hybridized carbons (Fsp3) is 0.381. The molecule has 0 bridgehead atoms. The zero-order chi connectivity index (χ0) is 20.3. The van der Waals surface area contributed by atoms with Gasteiger partial charge in [0, 0.05) is 31.9 Å². The van der Waals surface area contributed by atoms with E-state index < -0.39 is 0 Å². The van der Waals surface area contributed by atoms with Gasteiger partial charge >= 0.3 is 0 Å². The van der Waals surface area contributed by atoms with Crippen LogP contribution in [0.2, 0.25) is 10.0 Å². The number of nitrogens with zero attached hydrogens (tertiary/aromatic N) is 3. The van der Waals surface area contributed by atoms with Crippen molar-refractivity contribution in [3.63, 3.8) is 0 Å². The maximum atomic E-state index is 13.0. The molecule has 0 N–H and O–H groups in total. The summed E-state index contributed by atoms with van der Waals surface area (Å²) in [5.41, 5.74) is 1.33. The number of benzene rings is 1. The Morgan fingerprint density at radius 2 is 2.00 bits per heavy atom. The van der Waals surface area contributed by atoms with Gasteiger partial charge < -0.3 is 9.80 Å². The lowest BCUT2D eigenvalue weighted by Crippen LogP contribution is -2.46. The molecule has 0 radical (unpaired) electrons. The van der Waals surface area contributed by atoms with Crippen LogP contribution in [0.5, 0.6) is 0 Å². The predicted octanol–water partition coefficient (Wildman–Crippen LogP) is 4.46. The van der Waals surface area contributed by atoms with Crippen molar-refractivity contribution in [3.8, 4) is 0 Å². The van der Waals surface area contributed by atoms with Crippen molar-refractivity contribution in [2.45, 2.75) is 25.8 Å². The summed E-state index contributed by atoms with van der Waals surface area (Å²) in [7, 11) is 1.79. The van der Waals surface area contributed by atoms with E-state index in [0.29, 0.717) is 28.7 Å². The van der Waals surface area contributed by atoms with Gasteiger partial charge in [0.2, 0.25) is 5.91 Å². The molecule has 28 heavy (non-hydrogen) atoms. The quantitative estimate of drug-likeness (QED) is 0.734. The molecule has 2 atom stereocenters. The van der Waals surface area contributed by atoms with E-state index in [4.69, 9.17) is 23.2 Å². The lowest BCUT2D eigenvalue weighted by Gasteiger charge is -2.35. The Bertz CT molecular complexity index is 860. The largest absolute Gasteiger partial charge is 0.338 e. The second-order valence-corrected chi connectivity index (χ2v) is 7.91. The molecular formula is C21H23Cl2N3O2. The van der Waals surface area contributed by atoms with Crippen molar-refractivity contribution >= 4 is 35.0 Å². The van der Waals surface area contributed by atoms with Gasteiger partial charge in [-0.25, -0.2) is 0 Å². The van der Waals surface area contributed by atoms with Crippen molar-refractivity contribution in [3.05, 3.63) is 63.9 Å². The first-order valence-electron chi connectivity index (χ1n) is 9.30. The molecule has 5 nitrogen and oxygen atoms in total. The van der Waals surface area contributed by atoms with Crippen LogP contribution in [0.25, 0.3) is 0 Å². The molecule has 2 heterocycles. The van der Waals surface area contributed by atoms with Crippen LogP contribution >= 0.6 is 23.2 Å². The van der Waals surface area contributed by atoms with Crippen molar-refractivity contribution < 1.29 is 9.59 Å². The first-order chi connectivity index (χ1) is 13.4. The van der Waals surface area contributed by atoms with E-state index >= 15 is 0 Å². The number of rotatable bonds is 4. The summed E-state index contributed by atoms with van der Waals surface area (Å²) in [6.07, 6.45) is 3.28. The van der Waals surface area contributed by atoms with Crippen LogP contribution in [-0.4, -0.2) is 46.7 Å². The highest BCUT2D eigenvalue weighted by atomic mass is 35.5. The summed E-state index contributed by atoms with van der Waals surface area (Å²) in [6, 6.07) is 10.4. The number of likely N-dealkylation sites (tertiary alicyclic amines) is 1. The van der Waals surface area contributed by atoms with Crippen LogP contribution in [0.4, 0.5) is 0 Å². The molecular weight excluding hydrogens is 397 g/mol. The minimum Gasteiger partial charge on any atom is -0.338 e. The van der Waals surface area contributed by atoms with E-state index in [0.717, 1.165) is 18.5 Å². The number of hydrogen-bond acceptors (Lipinski definition) is 3. The molecule has 7 heteroatoms. The molecule has 2 aromatic rings. The number of halogens is 2. The number of carbonyl (C=O) groups excluding carboxylic acids is 2. The molecule has 2 unspecified atom stereocenters. The average Bonchev–Trinajstić information content (AvgIpc) is 2.74. The summed E-state index contributed by atoms with van der Waals surface area (Å²) in [5.74, 6) is -0.321. The van der Waals surface area contributed by atoms with E-state index in [2.05, 4.69) is 4.98 Å². The number of amides is 2. The van der Waals surface area contributed by atoms with Gasteiger partial charge in [0.05, 0.1) is 27.7 Å². The minimum absolute atomic E-state index is 0.0322. The molecule has 1 aromatic heterocycles. The number of hydrogen-bond donors (Lipinski definition) is 0. The Kier molecular flexibility index (Phi) is 6.57. The fourth-order valence-corrected chi connectivity index (χ4v) is 3.77. The van der Waals surface area contributed by atoms with Gasteiger partial charge in [0.1, 0.15) is 0 Å². The van der Waals surface area contributed by atoms with Gasteiger partial charge in [-0.3, -0.25) is 14.6 Å². The number of pyridine rings is 1. The number of aromatic nitrogens is 1. The topological polar surface area (TPSA) is 53.5 Å². The van der Waals surface area contributed by atoms with Crippen molar-refractivity contribution in [2.24, 2.45) is 5.92 Å². The van der Waals surface area contributed by atoms with E-state index in [1.165, 1.54) is 0 Å². The highest BCUT2D eigenvalue weighted by Gasteiger charge is 2.32. The van der Waals surface area contributed by atoms with Crippen molar-refractivity contribution in [1.82, 2.24) is 14.8 Å². The van der Waals surface area contributed by atoms with E-state index in [9.17, 15) is 9.59 Å². The number of piperidine rings is 1. The molecule has 148 valence electrons. The van der Waals surface area contributed by atoms with Crippen LogP contribution in [0.15, 0.2) is 42.6 Å². The third-order valence-corrected chi connectivity index (χ3v) is 6.01. The monoisotopic (exact) mass is 419 g/mol. The third kappa shape index (κ3) is 4.47. The average molecular weight is 420 g/mol. The molecule has 3 rings (SSSR count). The first-order valence-corrected chi connectivity index (χ1v) is 10.1. The zero-order valence-corrected chi connectivity index (χ0v) is 17.5. The molecule has 1 aliphatic heterocycles. The SMILES string of the molecule is CC(c1ccccn1)N(C)C(=O)C1CCCN(C(=O)c2ccc(Cl)c(Cl)c2)C1. The van der Waals surface area contributed by atoms with Crippen LogP contribution < -0.4 is 0 Å². The maximum Gasteiger partial charge on any atom is 0.253 e. The third-order valence-electron chi connectivity index (χ3n) is 5.27. The van der Waals surface area contributed by atoms with Gasteiger partial charge in [0.25, 0.3) is 5.91 Å². The number of carbonyl (C=O) groups is 2. The highest BCUT2D eigenvalue weighted by molar-refractivity contribution is 6.42. The summed E-state index contributed by atoms with van der Waals surface area (Å²) in [5, 5.41) is 0.760. The molecule has 1 aromatic carbocycles. The molecule has 0 saturated carbocycles. The zero-order valence-electron chi connectivity index (χ0n) is 15.9. The Morgan fingerprint density at radius 3 is 2.68 bits per heavy atom. The van der Waals surface area contributed by atoms with Crippen molar-refractivity contribution in [2.75, 3.05) is 20.1 Å². The van der Waals surface area contributed by atoms with Crippen LogP contribution in [0.3, 0.4) is 0 Å². The summed E-state index contributed by atoms with van der Waals surface area (Å²) >= 11 is 12.0. The first kappa shape index (κ1) is 20.6. The Labute approximate surface area is 175 Å². The molecule has 2 amide bonds. The minimum atomic E-state index is -0.225. The van der Waals surface area contributed by atoms with Crippen LogP contribution in [-0.2, 0) is 4.79 Å². The molecule has 0 spiro atoms. The van der Waals surface area contributed by atoms with E-state index in [-0.39, 0.29) is 23.8 Å². The summed E-state index contributed by atoms with van der Waals surface area (Å²) < 4.78 is 0. The Hall–Kier alpha value is -2.11. The van der Waals surface area contributed by atoms with E-state index in [1.54, 1.807) is 41.2 Å². The normalized spacial score (nSPS) is 17.9. The Morgan fingerprint density at radius 1 is 1.21 bits per heavy atom. The highest BCUT2D eigenvalue weighted by Crippen LogP contribution is 2.27. The lowest BCUT2D eigenvalue weighted by atomic mass is 9.95. The summed E-state index contributed by atoms with van der Waals surface area (Å²) in [6.45, 7) is 2.99. The lowest BCUT2D eigenvalue weighted by molar-refractivity contribution is -0.137. The van der Waals surface area contributed by atoms with Gasteiger partial charge in [-0.1, -0.05) is 29.3 Å². The van der Waals surface area contributed by atoms with Crippen LogP contribution in [0.1, 0.15) is 41.9 Å². The smallest absolute Gasteiger partial charge is 0.253 e. The molecule has 1 fully saturated rings. The predicted molar refractivity (Wildman–Crippen MR) is 111 cm³/mol. The molecule has 0 aliphatic carbocycles. The molecule has 1 aliphatic rings. The molecule has 1 saturated heterocycles. The standard InChI is InChI=1S/C21H23Cl2N3O2/c1-14(19-7-3-4-10-24-19)25(2)20(27)16-6-5-11-26(13-16)21(28)15-8-9-17(22)18(23)12-15/h3-4,7-10,12,14,16H,5-6,11,13H2,1-2H3. The van der Waals surface area contributed by atoms with Gasteiger partial charge in [-0.15, -0.1) is 0 Å². The second-order valence-electron chi connectivity index (χ2n) is 7.10. The maximum absolute atomic E-state index is 13.0. The van der Waals surface area contributed by atoms with Gasteiger partial charge in [-0.2, -0.15) is 0 Å². The summed E-state index contributed by atoms with van der Waals surface area (Å²) in [4.78, 5) is 33.7. The fourth-order valence-electron chi connectivity index (χ4n) is 3.48. The van der Waals surface area contributed by atoms with Crippen LogP contribution in [0, 0.1) is 5.92 Å². The Balaban J connectivity index is 1.69. The van der Waals surface area contributed by atoms with Gasteiger partial charge in [0.15, 0.2) is 0 Å². The van der Waals surface area contributed by atoms with E-state index in [1.807, 2.05) is 25.1 Å².